The van der Waals surface area contributed by atoms with E-state index in [2.05, 4.69) is 44.5 Å². The van der Waals surface area contributed by atoms with E-state index in [-0.39, 0.29) is 0 Å². The average Bonchev–Trinajstić information content (AvgIpc) is 3.10. The van der Waals surface area contributed by atoms with Crippen molar-refractivity contribution in [1.82, 2.24) is 19.2 Å². The van der Waals surface area contributed by atoms with E-state index in [1.807, 2.05) is 29.2 Å². The molecule has 0 atom stereocenters. The first-order chi connectivity index (χ1) is 9.84. The molecule has 0 amide bonds. The predicted molar refractivity (Wildman–Crippen MR) is 74.2 cm³/mol. The second-order valence-electron chi connectivity index (χ2n) is 5.22. The minimum atomic E-state index is 0.882. The third-order valence-electron chi connectivity index (χ3n) is 4.17. The van der Waals surface area contributed by atoms with Gasteiger partial charge in [-0.1, -0.05) is 0 Å². The Morgan fingerprint density at radius 2 is 2.20 bits per heavy atom. The molecule has 4 aromatic heterocycles. The number of aryl methyl sites for hydroxylation is 1. The van der Waals surface area contributed by atoms with Gasteiger partial charge in [0.05, 0.1) is 25.4 Å². The highest BCUT2D eigenvalue weighted by Gasteiger charge is 2.33. The molecule has 1 aliphatic heterocycles. The van der Waals surface area contributed by atoms with Gasteiger partial charge >= 0.3 is 0 Å². The van der Waals surface area contributed by atoms with Crippen molar-refractivity contribution < 1.29 is 4.57 Å². The minimum absolute atomic E-state index is 0.882. The number of hydrogen-bond donors (Lipinski definition) is 0. The molecule has 0 saturated carbocycles. The first-order valence-corrected chi connectivity index (χ1v) is 6.63. The molecule has 5 heteroatoms. The minimum Gasteiger partial charge on any atom is -0.264 e. The summed E-state index contributed by atoms with van der Waals surface area (Å²) in [4.78, 5) is 4.26. The summed E-state index contributed by atoms with van der Waals surface area (Å²) >= 11 is 0. The first kappa shape index (κ1) is 10.1. The SMILES string of the molecule is Cn1c2[n+](c3c1cc1cccnn13)Cc1ccncc1-2. The molecule has 0 unspecified atom stereocenters. The molecular weight excluding hydrogens is 250 g/mol. The number of imidazole rings is 1. The van der Waals surface area contributed by atoms with Crippen LogP contribution in [0.5, 0.6) is 0 Å². The molecule has 4 aromatic rings. The Kier molecular flexibility index (Phi) is 1.65. The molecule has 0 spiro atoms. The molecule has 0 bridgehead atoms. The van der Waals surface area contributed by atoms with Crippen LogP contribution in [0.15, 0.2) is 42.9 Å². The Bertz CT molecular complexity index is 992. The highest BCUT2D eigenvalue weighted by molar-refractivity contribution is 5.82. The summed E-state index contributed by atoms with van der Waals surface area (Å²) in [6.45, 7) is 0.882. The molecule has 0 radical (unpaired) electrons. The van der Waals surface area contributed by atoms with Crippen molar-refractivity contribution >= 4 is 16.7 Å². The highest BCUT2D eigenvalue weighted by Crippen LogP contribution is 2.30. The maximum Gasteiger partial charge on any atom is 0.293 e. The van der Waals surface area contributed by atoms with Crippen molar-refractivity contribution in [2.75, 3.05) is 0 Å². The molecule has 0 fully saturated rings. The Hall–Kier alpha value is -2.69. The average molecular weight is 262 g/mol. The Labute approximate surface area is 114 Å². The summed E-state index contributed by atoms with van der Waals surface area (Å²) in [6, 6.07) is 8.34. The lowest BCUT2D eigenvalue weighted by molar-refractivity contribution is -0.648. The summed E-state index contributed by atoms with van der Waals surface area (Å²) in [7, 11) is 2.11. The van der Waals surface area contributed by atoms with Gasteiger partial charge in [0.15, 0.2) is 5.52 Å². The number of aromatic nitrogens is 5. The van der Waals surface area contributed by atoms with Gasteiger partial charge in [0.1, 0.15) is 5.52 Å². The predicted octanol–water partition coefficient (Wildman–Crippen LogP) is 1.54. The normalized spacial score (nSPS) is 13.1. The molecule has 5 nitrogen and oxygen atoms in total. The molecule has 96 valence electrons. The molecular formula is C15H12N5+. The van der Waals surface area contributed by atoms with Gasteiger partial charge in [-0.25, -0.2) is 4.57 Å². The standard InChI is InChI=1S/C15H12N5/c1-18-13-7-11-3-2-5-17-20(11)15(13)19-9-10-4-6-16-8-12(10)14(18)19/h2-8H,9H2,1H3/q+1. The number of nitrogens with zero attached hydrogens (tertiary/aromatic N) is 5. The zero-order valence-corrected chi connectivity index (χ0v) is 11.0. The molecule has 20 heavy (non-hydrogen) atoms. The van der Waals surface area contributed by atoms with Crippen LogP contribution in [0.4, 0.5) is 0 Å². The van der Waals surface area contributed by atoms with E-state index in [9.17, 15) is 0 Å². The Morgan fingerprint density at radius 1 is 1.25 bits per heavy atom. The molecule has 5 rings (SSSR count). The van der Waals surface area contributed by atoms with Crippen LogP contribution in [-0.4, -0.2) is 19.2 Å². The van der Waals surface area contributed by atoms with Crippen LogP contribution in [0, 0.1) is 0 Å². The van der Waals surface area contributed by atoms with E-state index in [4.69, 9.17) is 0 Å². The van der Waals surface area contributed by atoms with Crippen LogP contribution in [-0.2, 0) is 13.6 Å². The van der Waals surface area contributed by atoms with Gasteiger partial charge in [-0.05, 0) is 18.2 Å². The fraction of sp³-hybridized carbons (Fsp3) is 0.133. The van der Waals surface area contributed by atoms with Crippen LogP contribution >= 0.6 is 0 Å². The van der Waals surface area contributed by atoms with Crippen LogP contribution in [0.2, 0.25) is 0 Å². The van der Waals surface area contributed by atoms with E-state index < -0.39 is 0 Å². The third kappa shape index (κ3) is 1.02. The van der Waals surface area contributed by atoms with Crippen molar-refractivity contribution in [3.8, 4) is 11.4 Å². The molecule has 5 heterocycles. The van der Waals surface area contributed by atoms with E-state index >= 15 is 0 Å². The van der Waals surface area contributed by atoms with Gasteiger partial charge in [0, 0.05) is 24.0 Å². The van der Waals surface area contributed by atoms with Crippen LogP contribution in [0.3, 0.4) is 0 Å². The third-order valence-corrected chi connectivity index (χ3v) is 4.17. The zero-order valence-electron chi connectivity index (χ0n) is 11.0. The van der Waals surface area contributed by atoms with Gasteiger partial charge in [-0.3, -0.25) is 9.55 Å². The summed E-state index contributed by atoms with van der Waals surface area (Å²) < 4.78 is 6.57. The lowest BCUT2D eigenvalue weighted by atomic mass is 10.2. The fourth-order valence-corrected chi connectivity index (χ4v) is 3.29. The number of hydrogen-bond acceptors (Lipinski definition) is 2. The van der Waals surface area contributed by atoms with Crippen molar-refractivity contribution in [2.24, 2.45) is 7.05 Å². The lowest BCUT2D eigenvalue weighted by Gasteiger charge is -1.95. The van der Waals surface area contributed by atoms with E-state index in [0.717, 1.165) is 17.7 Å². The monoisotopic (exact) mass is 262 g/mol. The molecule has 0 aromatic carbocycles. The van der Waals surface area contributed by atoms with Crippen molar-refractivity contribution in [3.05, 3.63) is 48.4 Å². The quantitative estimate of drug-likeness (QED) is 0.397. The zero-order chi connectivity index (χ0) is 13.3. The van der Waals surface area contributed by atoms with E-state index in [1.54, 1.807) is 0 Å². The smallest absolute Gasteiger partial charge is 0.264 e. The van der Waals surface area contributed by atoms with Gasteiger partial charge in [0.25, 0.3) is 5.65 Å². The van der Waals surface area contributed by atoms with Crippen molar-refractivity contribution in [1.29, 1.82) is 0 Å². The Balaban J connectivity index is 1.99. The summed E-state index contributed by atoms with van der Waals surface area (Å²) in [5.74, 6) is 1.21. The van der Waals surface area contributed by atoms with Crippen molar-refractivity contribution in [2.45, 2.75) is 6.54 Å². The fourth-order valence-electron chi connectivity index (χ4n) is 3.29. The molecule has 0 aliphatic carbocycles. The van der Waals surface area contributed by atoms with Gasteiger partial charge in [-0.15, -0.1) is 9.61 Å². The van der Waals surface area contributed by atoms with Crippen LogP contribution in [0.25, 0.3) is 28.1 Å². The molecule has 0 saturated heterocycles. The number of fused-ring (bicyclic) bond motifs is 7. The summed E-state index contributed by atoms with van der Waals surface area (Å²) in [5, 5.41) is 4.49. The van der Waals surface area contributed by atoms with E-state index in [1.165, 1.54) is 22.5 Å². The van der Waals surface area contributed by atoms with Crippen LogP contribution in [0.1, 0.15) is 5.56 Å². The second kappa shape index (κ2) is 3.25. The largest absolute Gasteiger partial charge is 0.293 e. The Morgan fingerprint density at radius 3 is 3.15 bits per heavy atom. The highest BCUT2D eigenvalue weighted by atomic mass is 15.3. The summed E-state index contributed by atoms with van der Waals surface area (Å²) in [6.07, 6.45) is 5.64. The van der Waals surface area contributed by atoms with Gasteiger partial charge < -0.3 is 0 Å². The first-order valence-electron chi connectivity index (χ1n) is 6.63. The van der Waals surface area contributed by atoms with Gasteiger partial charge in [-0.2, -0.15) is 0 Å². The molecule has 0 N–H and O–H groups in total. The van der Waals surface area contributed by atoms with Gasteiger partial charge in [0.2, 0.25) is 5.82 Å². The maximum atomic E-state index is 4.49. The topological polar surface area (TPSA) is 39.0 Å². The lowest BCUT2D eigenvalue weighted by Crippen LogP contribution is -2.32. The van der Waals surface area contributed by atoms with Crippen LogP contribution < -0.4 is 4.57 Å². The molecule has 1 aliphatic rings. The maximum absolute atomic E-state index is 4.49. The van der Waals surface area contributed by atoms with Crippen molar-refractivity contribution in [3.63, 3.8) is 0 Å². The summed E-state index contributed by atoms with van der Waals surface area (Å²) in [5.41, 5.74) is 6.01. The number of pyridine rings is 1. The number of rotatable bonds is 0. The van der Waals surface area contributed by atoms with E-state index in [0.29, 0.717) is 0 Å². The second-order valence-corrected chi connectivity index (χ2v) is 5.22.